The summed E-state index contributed by atoms with van der Waals surface area (Å²) in [6.07, 6.45) is 0.830. The van der Waals surface area contributed by atoms with Gasteiger partial charge in [0.25, 0.3) is 0 Å². The molecule has 0 spiro atoms. The molecule has 2 N–H and O–H groups in total. The monoisotopic (exact) mass is 334 g/mol. The van der Waals surface area contributed by atoms with E-state index in [1.165, 1.54) is 10.4 Å². The van der Waals surface area contributed by atoms with Crippen LogP contribution in [0.3, 0.4) is 0 Å². The first-order valence-corrected chi connectivity index (χ1v) is 8.77. The van der Waals surface area contributed by atoms with Gasteiger partial charge in [0.1, 0.15) is 5.82 Å². The zero-order valence-corrected chi connectivity index (χ0v) is 13.7. The van der Waals surface area contributed by atoms with Crippen LogP contribution in [0.5, 0.6) is 0 Å². The molecule has 0 aromatic heterocycles. The third-order valence-electron chi connectivity index (χ3n) is 4.07. The van der Waals surface area contributed by atoms with Crippen LogP contribution >= 0.6 is 11.6 Å². The number of hydrogen-bond acceptors (Lipinski definition) is 3. The van der Waals surface area contributed by atoms with Gasteiger partial charge in [-0.3, -0.25) is 0 Å². The molecular weight excluding hydrogens is 315 g/mol. The molecule has 1 aromatic carbocycles. The van der Waals surface area contributed by atoms with Crippen molar-refractivity contribution in [2.75, 3.05) is 13.1 Å². The predicted octanol–water partition coefficient (Wildman–Crippen LogP) is 2.60. The zero-order valence-electron chi connectivity index (χ0n) is 12.1. The van der Waals surface area contributed by atoms with Crippen LogP contribution in [0.25, 0.3) is 0 Å². The van der Waals surface area contributed by atoms with Crippen molar-refractivity contribution in [1.29, 1.82) is 0 Å². The molecule has 0 radical (unpaired) electrons. The second-order valence-corrected chi connectivity index (χ2v) is 8.05. The van der Waals surface area contributed by atoms with Crippen molar-refractivity contribution in [3.05, 3.63) is 28.5 Å². The highest BCUT2D eigenvalue weighted by Crippen LogP contribution is 2.31. The van der Waals surface area contributed by atoms with E-state index in [0.29, 0.717) is 30.5 Å². The highest BCUT2D eigenvalue weighted by atomic mass is 35.5. The van der Waals surface area contributed by atoms with Gasteiger partial charge in [0.05, 0.1) is 9.92 Å². The van der Waals surface area contributed by atoms with Gasteiger partial charge in [-0.25, -0.2) is 12.8 Å². The van der Waals surface area contributed by atoms with Crippen molar-refractivity contribution in [2.45, 2.75) is 31.7 Å². The highest BCUT2D eigenvalue weighted by molar-refractivity contribution is 7.89. The van der Waals surface area contributed by atoms with Gasteiger partial charge in [-0.15, -0.1) is 0 Å². The van der Waals surface area contributed by atoms with Gasteiger partial charge in [-0.2, -0.15) is 4.31 Å². The third kappa shape index (κ3) is 3.23. The maximum Gasteiger partial charge on any atom is 0.243 e. The van der Waals surface area contributed by atoms with Crippen LogP contribution in [-0.2, 0) is 16.6 Å². The van der Waals surface area contributed by atoms with E-state index in [-0.39, 0.29) is 16.5 Å². The summed E-state index contributed by atoms with van der Waals surface area (Å²) >= 11 is 5.78. The Labute approximate surface area is 130 Å². The van der Waals surface area contributed by atoms with Crippen molar-refractivity contribution in [3.63, 3.8) is 0 Å². The Morgan fingerprint density at radius 1 is 1.48 bits per heavy atom. The molecular formula is C14H20ClFN2O2S. The Balaban J connectivity index is 2.35. The van der Waals surface area contributed by atoms with Crippen LogP contribution < -0.4 is 5.73 Å². The number of nitrogens with two attached hydrogens (primary N) is 1. The molecule has 1 heterocycles. The molecule has 0 amide bonds. The number of nitrogens with zero attached hydrogens (tertiary/aromatic N) is 1. The van der Waals surface area contributed by atoms with Crippen molar-refractivity contribution >= 4 is 21.6 Å². The Hall–Kier alpha value is -0.690. The van der Waals surface area contributed by atoms with Crippen molar-refractivity contribution < 1.29 is 12.8 Å². The standard InChI is InChI=1S/C14H20ClFN2O2S/c1-9(2)10-3-4-18(8-10)21(19,20)12-5-11(7-17)14(15)13(16)6-12/h5-6,9-10H,3-4,7-8,17H2,1-2H3. The number of hydrogen-bond donors (Lipinski definition) is 1. The second kappa shape index (κ2) is 6.20. The minimum Gasteiger partial charge on any atom is -0.326 e. The van der Waals surface area contributed by atoms with Gasteiger partial charge < -0.3 is 5.73 Å². The maximum atomic E-state index is 13.8. The fourth-order valence-corrected chi connectivity index (χ4v) is 4.34. The molecule has 1 fully saturated rings. The van der Waals surface area contributed by atoms with Gasteiger partial charge >= 0.3 is 0 Å². The first-order chi connectivity index (χ1) is 9.77. The molecule has 1 saturated heterocycles. The van der Waals surface area contributed by atoms with E-state index in [0.717, 1.165) is 12.5 Å². The van der Waals surface area contributed by atoms with Crippen molar-refractivity contribution in [3.8, 4) is 0 Å². The van der Waals surface area contributed by atoms with Crippen LogP contribution in [0.15, 0.2) is 17.0 Å². The van der Waals surface area contributed by atoms with Gasteiger partial charge in [0.15, 0.2) is 0 Å². The largest absolute Gasteiger partial charge is 0.326 e. The highest BCUT2D eigenvalue weighted by Gasteiger charge is 2.34. The molecule has 1 atom stereocenters. The van der Waals surface area contributed by atoms with Crippen LogP contribution in [0.1, 0.15) is 25.8 Å². The van der Waals surface area contributed by atoms with Crippen molar-refractivity contribution in [2.24, 2.45) is 17.6 Å². The Morgan fingerprint density at radius 2 is 2.14 bits per heavy atom. The molecule has 7 heteroatoms. The van der Waals surface area contributed by atoms with Crippen molar-refractivity contribution in [1.82, 2.24) is 4.31 Å². The summed E-state index contributed by atoms with van der Waals surface area (Å²) < 4.78 is 40.4. The molecule has 0 bridgehead atoms. The average Bonchev–Trinajstić information content (AvgIpc) is 2.92. The normalized spacial score (nSPS) is 20.4. The Bertz CT molecular complexity index is 634. The SMILES string of the molecule is CC(C)C1CCN(S(=O)(=O)c2cc(F)c(Cl)c(CN)c2)C1. The lowest BCUT2D eigenvalue weighted by molar-refractivity contribution is 0.388. The fourth-order valence-electron chi connectivity index (χ4n) is 2.58. The summed E-state index contributed by atoms with van der Waals surface area (Å²) in [7, 11) is -3.70. The van der Waals surface area contributed by atoms with E-state index in [2.05, 4.69) is 13.8 Å². The molecule has 1 unspecified atom stereocenters. The molecule has 1 aliphatic heterocycles. The summed E-state index contributed by atoms with van der Waals surface area (Å²) in [6.45, 7) is 5.09. The van der Waals surface area contributed by atoms with E-state index in [1.807, 2.05) is 0 Å². The average molecular weight is 335 g/mol. The quantitative estimate of drug-likeness (QED) is 0.920. The summed E-state index contributed by atoms with van der Waals surface area (Å²) in [4.78, 5) is -0.0748. The molecule has 2 rings (SSSR count). The first-order valence-electron chi connectivity index (χ1n) is 6.95. The minimum absolute atomic E-state index is 0.00622. The molecule has 4 nitrogen and oxygen atoms in total. The summed E-state index contributed by atoms with van der Waals surface area (Å²) in [6, 6.07) is 2.34. The lowest BCUT2D eigenvalue weighted by Gasteiger charge is -2.19. The molecule has 21 heavy (non-hydrogen) atoms. The fraction of sp³-hybridized carbons (Fsp3) is 0.571. The topological polar surface area (TPSA) is 63.4 Å². The molecule has 0 saturated carbocycles. The van der Waals surface area contributed by atoms with E-state index >= 15 is 0 Å². The minimum atomic E-state index is -3.70. The summed E-state index contributed by atoms with van der Waals surface area (Å²) in [5.41, 5.74) is 5.79. The van der Waals surface area contributed by atoms with Gasteiger partial charge in [-0.05, 0) is 36.0 Å². The number of rotatable bonds is 4. The van der Waals surface area contributed by atoms with Gasteiger partial charge in [-0.1, -0.05) is 25.4 Å². The summed E-state index contributed by atoms with van der Waals surface area (Å²) in [5.74, 6) is 0.00968. The number of halogens is 2. The van der Waals surface area contributed by atoms with E-state index < -0.39 is 15.8 Å². The Kier molecular flexibility index (Phi) is 4.92. The molecule has 0 aliphatic carbocycles. The smallest absolute Gasteiger partial charge is 0.243 e. The lowest BCUT2D eigenvalue weighted by atomic mass is 9.96. The van der Waals surface area contributed by atoms with Crippen LogP contribution in [0.4, 0.5) is 4.39 Å². The van der Waals surface area contributed by atoms with E-state index in [4.69, 9.17) is 17.3 Å². The van der Waals surface area contributed by atoms with E-state index in [1.54, 1.807) is 0 Å². The molecule has 118 valence electrons. The third-order valence-corrected chi connectivity index (χ3v) is 6.33. The molecule has 1 aliphatic rings. The van der Waals surface area contributed by atoms with E-state index in [9.17, 15) is 12.8 Å². The van der Waals surface area contributed by atoms with Crippen LogP contribution in [0, 0.1) is 17.7 Å². The van der Waals surface area contributed by atoms with Gasteiger partial charge in [0.2, 0.25) is 10.0 Å². The first kappa shape index (κ1) is 16.7. The van der Waals surface area contributed by atoms with Crippen LogP contribution in [0.2, 0.25) is 5.02 Å². The second-order valence-electron chi connectivity index (χ2n) is 5.74. The van der Waals surface area contributed by atoms with Crippen LogP contribution in [-0.4, -0.2) is 25.8 Å². The van der Waals surface area contributed by atoms with Gasteiger partial charge in [0, 0.05) is 19.6 Å². The zero-order chi connectivity index (χ0) is 15.8. The maximum absolute atomic E-state index is 13.8. The summed E-state index contributed by atoms with van der Waals surface area (Å²) in [5, 5.41) is -0.113. The number of sulfonamides is 1. The number of benzene rings is 1. The Morgan fingerprint density at radius 3 is 2.67 bits per heavy atom. The molecule has 1 aromatic rings. The lowest BCUT2D eigenvalue weighted by Crippen LogP contribution is -2.29. The predicted molar refractivity (Wildman–Crippen MR) is 81.0 cm³/mol.